The van der Waals surface area contributed by atoms with E-state index in [9.17, 15) is 18.0 Å². The fourth-order valence-electron chi connectivity index (χ4n) is 3.22. The molecule has 0 aromatic rings. The first-order valence-electron chi connectivity index (χ1n) is 6.25. The van der Waals surface area contributed by atoms with Crippen LogP contribution in [-0.2, 0) is 9.53 Å². The Morgan fingerprint density at radius 1 is 1.50 bits per heavy atom. The van der Waals surface area contributed by atoms with Gasteiger partial charge in [-0.25, -0.2) is 0 Å². The maximum atomic E-state index is 12.5. The number of rotatable bonds is 2. The zero-order valence-corrected chi connectivity index (χ0v) is 10.7. The van der Waals surface area contributed by atoms with Crippen LogP contribution in [0.5, 0.6) is 0 Å². The summed E-state index contributed by atoms with van der Waals surface area (Å²) in [6.07, 6.45) is 3.16. The number of fused-ring (bicyclic) bond motifs is 3. The molecule has 108 valence electrons. The third-order valence-electron chi connectivity index (χ3n) is 4.26. The van der Waals surface area contributed by atoms with Crippen LogP contribution >= 0.6 is 0 Å². The first-order chi connectivity index (χ1) is 9.34. The SMILES string of the molecule is CO[C@@]12C=CC=CC1=N[C@@]1(NC(=O)C(F)(F)F)CC[C@@H]21. The van der Waals surface area contributed by atoms with E-state index in [4.69, 9.17) is 4.74 Å². The summed E-state index contributed by atoms with van der Waals surface area (Å²) in [5.41, 5.74) is -1.46. The van der Waals surface area contributed by atoms with Crippen molar-refractivity contribution in [3.8, 4) is 0 Å². The first-order valence-corrected chi connectivity index (χ1v) is 6.25. The second-order valence-corrected chi connectivity index (χ2v) is 5.18. The van der Waals surface area contributed by atoms with Crippen LogP contribution in [0.15, 0.2) is 29.3 Å². The number of nitrogens with zero attached hydrogens (tertiary/aromatic N) is 1. The van der Waals surface area contributed by atoms with Crippen molar-refractivity contribution in [3.05, 3.63) is 24.3 Å². The number of halogens is 3. The van der Waals surface area contributed by atoms with Crippen molar-refractivity contribution in [2.24, 2.45) is 10.9 Å². The smallest absolute Gasteiger partial charge is 0.367 e. The van der Waals surface area contributed by atoms with E-state index in [0.717, 1.165) is 0 Å². The molecule has 0 aromatic heterocycles. The molecule has 7 heteroatoms. The molecule has 0 saturated heterocycles. The maximum Gasteiger partial charge on any atom is 0.471 e. The average Bonchev–Trinajstić information content (AvgIpc) is 2.55. The molecule has 1 heterocycles. The van der Waals surface area contributed by atoms with Crippen LogP contribution in [0.1, 0.15) is 12.8 Å². The summed E-state index contributed by atoms with van der Waals surface area (Å²) in [6.45, 7) is 0. The van der Waals surface area contributed by atoms with Gasteiger partial charge in [-0.1, -0.05) is 12.2 Å². The van der Waals surface area contributed by atoms with Crippen molar-refractivity contribution in [2.75, 3.05) is 7.11 Å². The third-order valence-corrected chi connectivity index (χ3v) is 4.26. The highest BCUT2D eigenvalue weighted by atomic mass is 19.4. The first kappa shape index (κ1) is 13.4. The number of ether oxygens (including phenoxy) is 1. The number of aliphatic imine (C=N–C) groups is 1. The van der Waals surface area contributed by atoms with E-state index in [1.165, 1.54) is 7.11 Å². The van der Waals surface area contributed by atoms with Crippen LogP contribution in [-0.4, -0.2) is 36.2 Å². The molecular weight excluding hydrogens is 273 g/mol. The van der Waals surface area contributed by atoms with E-state index < -0.39 is 23.3 Å². The highest BCUT2D eigenvalue weighted by Gasteiger charge is 2.65. The molecule has 0 radical (unpaired) electrons. The number of hydrogen-bond acceptors (Lipinski definition) is 3. The second kappa shape index (κ2) is 3.94. The van der Waals surface area contributed by atoms with E-state index >= 15 is 0 Å². The maximum absolute atomic E-state index is 12.5. The number of carbonyl (C=O) groups excluding carboxylic acids is 1. The molecule has 1 aliphatic heterocycles. The minimum Gasteiger partial charge on any atom is -0.367 e. The Hall–Kier alpha value is -1.63. The molecule has 3 aliphatic rings. The lowest BCUT2D eigenvalue weighted by Crippen LogP contribution is -2.64. The van der Waals surface area contributed by atoms with Gasteiger partial charge in [0.1, 0.15) is 11.3 Å². The van der Waals surface area contributed by atoms with Crippen LogP contribution in [0.4, 0.5) is 13.2 Å². The van der Waals surface area contributed by atoms with Crippen molar-refractivity contribution >= 4 is 11.6 Å². The molecule has 20 heavy (non-hydrogen) atoms. The zero-order chi connectivity index (χ0) is 14.6. The predicted octanol–water partition coefficient (Wildman–Crippen LogP) is 1.74. The molecule has 3 atom stereocenters. The summed E-state index contributed by atoms with van der Waals surface area (Å²) >= 11 is 0. The Labute approximate surface area is 113 Å². The zero-order valence-electron chi connectivity index (χ0n) is 10.7. The van der Waals surface area contributed by atoms with Gasteiger partial charge in [-0.2, -0.15) is 13.2 Å². The van der Waals surface area contributed by atoms with Gasteiger partial charge >= 0.3 is 12.1 Å². The number of allylic oxidation sites excluding steroid dienone is 2. The average molecular weight is 286 g/mol. The molecule has 2 aliphatic carbocycles. The number of hydrogen-bond donors (Lipinski definition) is 1. The summed E-state index contributed by atoms with van der Waals surface area (Å²) < 4.78 is 42.9. The third kappa shape index (κ3) is 1.59. The van der Waals surface area contributed by atoms with Crippen LogP contribution in [0.2, 0.25) is 0 Å². The monoisotopic (exact) mass is 286 g/mol. The van der Waals surface area contributed by atoms with Crippen LogP contribution in [0, 0.1) is 5.92 Å². The molecule has 1 fully saturated rings. The molecular formula is C13H13F3N2O2. The van der Waals surface area contributed by atoms with E-state index in [1.807, 2.05) is 5.32 Å². The Kier molecular flexibility index (Phi) is 2.63. The minimum absolute atomic E-state index is 0.303. The lowest BCUT2D eigenvalue weighted by Gasteiger charge is -2.48. The number of alkyl halides is 3. The molecule has 0 spiro atoms. The van der Waals surface area contributed by atoms with E-state index in [0.29, 0.717) is 18.6 Å². The lowest BCUT2D eigenvalue weighted by molar-refractivity contribution is -0.179. The van der Waals surface area contributed by atoms with E-state index in [-0.39, 0.29) is 5.92 Å². The second-order valence-electron chi connectivity index (χ2n) is 5.18. The van der Waals surface area contributed by atoms with Crippen LogP contribution < -0.4 is 5.32 Å². The predicted molar refractivity (Wildman–Crippen MR) is 65.1 cm³/mol. The Morgan fingerprint density at radius 2 is 2.25 bits per heavy atom. The van der Waals surface area contributed by atoms with Crippen molar-refractivity contribution in [1.82, 2.24) is 5.32 Å². The molecule has 1 saturated carbocycles. The molecule has 0 bridgehead atoms. The van der Waals surface area contributed by atoms with Crippen molar-refractivity contribution < 1.29 is 22.7 Å². The van der Waals surface area contributed by atoms with Crippen LogP contribution in [0.25, 0.3) is 0 Å². The van der Waals surface area contributed by atoms with E-state index in [1.54, 1.807) is 24.3 Å². The van der Waals surface area contributed by atoms with Gasteiger partial charge in [0.15, 0.2) is 0 Å². The highest BCUT2D eigenvalue weighted by Crippen LogP contribution is 2.54. The van der Waals surface area contributed by atoms with Gasteiger partial charge in [-0.05, 0) is 25.0 Å². The summed E-state index contributed by atoms with van der Waals surface area (Å²) in [5, 5.41) is 2.05. The van der Waals surface area contributed by atoms with Gasteiger partial charge in [-0.15, -0.1) is 0 Å². The number of carbonyl (C=O) groups is 1. The summed E-state index contributed by atoms with van der Waals surface area (Å²) in [6, 6.07) is 0. The van der Waals surface area contributed by atoms with E-state index in [2.05, 4.69) is 4.99 Å². The number of methoxy groups -OCH3 is 1. The fraction of sp³-hybridized carbons (Fsp3) is 0.538. The Bertz CT molecular complexity index is 552. The molecule has 4 nitrogen and oxygen atoms in total. The van der Waals surface area contributed by atoms with Gasteiger partial charge in [0.25, 0.3) is 0 Å². The summed E-state index contributed by atoms with van der Waals surface area (Å²) in [5.74, 6) is -2.26. The Morgan fingerprint density at radius 3 is 2.80 bits per heavy atom. The summed E-state index contributed by atoms with van der Waals surface area (Å²) in [4.78, 5) is 15.5. The molecule has 1 amide bonds. The van der Waals surface area contributed by atoms with Gasteiger partial charge in [0.05, 0.1) is 5.71 Å². The molecule has 1 N–H and O–H groups in total. The highest BCUT2D eigenvalue weighted by molar-refractivity contribution is 6.07. The standard InChI is InChI=1S/C13H13F3N2O2/c1-20-11-6-3-2-4-9(11)17-12(7-5-8(11)12)18-10(19)13(14,15)16/h2-4,6,8H,5,7H2,1H3,(H,18,19)/t8-,11+,12+/m0/s1. The van der Waals surface area contributed by atoms with Gasteiger partial charge < -0.3 is 10.1 Å². The van der Waals surface area contributed by atoms with Gasteiger partial charge in [0.2, 0.25) is 0 Å². The summed E-state index contributed by atoms with van der Waals surface area (Å²) in [7, 11) is 1.50. The number of amides is 1. The van der Waals surface area contributed by atoms with Crippen LogP contribution in [0.3, 0.4) is 0 Å². The van der Waals surface area contributed by atoms with Crippen molar-refractivity contribution in [2.45, 2.75) is 30.3 Å². The fourth-order valence-corrected chi connectivity index (χ4v) is 3.22. The molecule has 3 rings (SSSR count). The normalized spacial score (nSPS) is 37.8. The van der Waals surface area contributed by atoms with Crippen molar-refractivity contribution in [1.29, 1.82) is 0 Å². The van der Waals surface area contributed by atoms with Crippen molar-refractivity contribution in [3.63, 3.8) is 0 Å². The number of nitrogens with one attached hydrogen (secondary N) is 1. The lowest BCUT2D eigenvalue weighted by atomic mass is 9.65. The largest absolute Gasteiger partial charge is 0.471 e. The Balaban J connectivity index is 1.94. The molecule has 0 unspecified atom stereocenters. The topological polar surface area (TPSA) is 50.7 Å². The van der Waals surface area contributed by atoms with Gasteiger partial charge in [-0.3, -0.25) is 9.79 Å². The quantitative estimate of drug-likeness (QED) is 0.840. The van der Waals surface area contributed by atoms with Gasteiger partial charge in [0, 0.05) is 13.0 Å². The minimum atomic E-state index is -4.91. The molecule has 0 aromatic carbocycles.